The minimum absolute atomic E-state index is 0. The molecule has 0 saturated carbocycles. The Hall–Kier alpha value is -16.2. The lowest BCUT2D eigenvalue weighted by Gasteiger charge is -2.34. The predicted molar refractivity (Wildman–Crippen MR) is 648 cm³/mol. The van der Waals surface area contributed by atoms with Crippen LogP contribution in [0.25, 0.3) is 98.1 Å². The number of hydrogen-bond donors (Lipinski definition) is 0. The van der Waals surface area contributed by atoms with Crippen molar-refractivity contribution in [2.24, 2.45) is 0 Å². The lowest BCUT2D eigenvalue weighted by molar-refractivity contribution is 0.655. The monoisotopic (exact) mass is 1960 g/mol. The third-order valence-corrected chi connectivity index (χ3v) is 33.4. The number of benzene rings is 21. The van der Waals surface area contributed by atoms with Crippen molar-refractivity contribution < 1.29 is 0 Å². The molecule has 0 saturated heterocycles. The van der Waals surface area contributed by atoms with Gasteiger partial charge >= 0.3 is 0 Å². The standard InChI is InChI=1S/3C26H20.C19H14S.3C16H16.4CH4/c1-19-11-10-17-23-22-16-8-9-18-24(22)26(25(19)23,20-12-4-2-5-13-20)21-14-6-3-7-15-21;1-19-16-17-25-23(18-19)22-14-8-9-15-24(22)26(25,20-10-4-2-5-11-20)21-12-6-3-7-13-21;1-19-16-17-23-22-14-8-9-15-24(22)26(25(23)18-19,20-10-4-2-5-11-20)21-12-6-3-7-13-21;1-13-7-5-11-16-17-12-6-10-15(19(17)20-18(13)16)14-8-3-2-4-9-14;1-11-7-6-9-13-12-8-4-5-10-14(12)16(2,3)15(11)13;1-11-8-9-15-13(10-11)12-6-4-5-7-14(12)16(15,2)3;1-11-8-9-13-12-6-4-5-7-14(12)16(2,3)15(13)10-11;;;;/h3*2-18H,1H3;2-12H,1H3;3*4-10H,1-3H3;4*1H4. The van der Waals surface area contributed by atoms with Crippen LogP contribution in [0.4, 0.5) is 0 Å². The van der Waals surface area contributed by atoms with Crippen LogP contribution >= 0.6 is 11.3 Å². The molecule has 150 heavy (non-hydrogen) atoms. The molecule has 1 heteroatoms. The van der Waals surface area contributed by atoms with Crippen molar-refractivity contribution in [2.45, 2.75) is 152 Å². The second kappa shape index (κ2) is 42.6. The van der Waals surface area contributed by atoms with Gasteiger partial charge in [0.15, 0.2) is 0 Å². The predicted octanol–water partition coefficient (Wildman–Crippen LogP) is 40.6. The number of hydrogen-bond acceptors (Lipinski definition) is 1. The van der Waals surface area contributed by atoms with E-state index in [4.69, 9.17) is 0 Å². The topological polar surface area (TPSA) is 0 Å². The molecule has 0 nitrogen and oxygen atoms in total. The number of fused-ring (bicyclic) bond motifs is 21. The van der Waals surface area contributed by atoms with Gasteiger partial charge in [-0.25, -0.2) is 0 Å². The summed E-state index contributed by atoms with van der Waals surface area (Å²) in [5.41, 5.74) is 53.3. The quantitative estimate of drug-likeness (QED) is 0.149. The third-order valence-electron chi connectivity index (χ3n) is 32.0. The largest absolute Gasteiger partial charge is 0.134 e. The highest BCUT2D eigenvalue weighted by Gasteiger charge is 2.50. The Labute approximate surface area is 897 Å². The molecule has 0 radical (unpaired) electrons. The highest BCUT2D eigenvalue weighted by Crippen LogP contribution is 2.62. The van der Waals surface area contributed by atoms with Gasteiger partial charge in [-0.15, -0.1) is 11.3 Å². The fourth-order valence-corrected chi connectivity index (χ4v) is 26.7. The second-order valence-corrected chi connectivity index (χ2v) is 42.9. The molecular weight excluding hydrogens is 1820 g/mol. The molecule has 1 aromatic heterocycles. The molecule has 0 spiro atoms. The Morgan fingerprint density at radius 3 is 0.853 bits per heavy atom. The maximum absolute atomic E-state index is 2.37. The van der Waals surface area contributed by atoms with Crippen LogP contribution in [0, 0.1) is 48.5 Å². The molecule has 6 aliphatic carbocycles. The van der Waals surface area contributed by atoms with Crippen molar-refractivity contribution in [1.82, 2.24) is 0 Å². The van der Waals surface area contributed by atoms with E-state index in [9.17, 15) is 0 Å². The Bertz CT molecular complexity index is 8470. The summed E-state index contributed by atoms with van der Waals surface area (Å²) in [6.45, 7) is 29.2. The van der Waals surface area contributed by atoms with Gasteiger partial charge in [-0.1, -0.05) is 597 Å². The van der Waals surface area contributed by atoms with E-state index < -0.39 is 0 Å². The molecule has 0 fully saturated rings. The molecule has 0 unspecified atom stereocenters. The Morgan fingerprint density at radius 1 is 0.153 bits per heavy atom. The Morgan fingerprint density at radius 2 is 0.400 bits per heavy atom. The summed E-state index contributed by atoms with van der Waals surface area (Å²) in [6.07, 6.45) is 0. The fourth-order valence-electron chi connectivity index (χ4n) is 25.4. The third kappa shape index (κ3) is 17.6. The molecule has 0 amide bonds. The van der Waals surface area contributed by atoms with Crippen LogP contribution in [0.15, 0.2) is 504 Å². The van der Waals surface area contributed by atoms with E-state index in [0.29, 0.717) is 0 Å². The highest BCUT2D eigenvalue weighted by molar-refractivity contribution is 7.26. The molecule has 740 valence electrons. The summed E-state index contributed by atoms with van der Waals surface area (Å²) >= 11 is 1.91. The van der Waals surface area contributed by atoms with Crippen molar-refractivity contribution in [3.63, 3.8) is 0 Å². The fraction of sp³-hybridized carbons (Fsp3) is 0.154. The second-order valence-electron chi connectivity index (χ2n) is 41.9. The van der Waals surface area contributed by atoms with Crippen LogP contribution < -0.4 is 0 Å². The van der Waals surface area contributed by atoms with Crippen molar-refractivity contribution >= 4 is 31.5 Å². The van der Waals surface area contributed by atoms with E-state index in [1.165, 1.54) is 237 Å². The minimum Gasteiger partial charge on any atom is -0.134 e. The molecule has 28 rings (SSSR count). The Balaban J connectivity index is 0.000000115. The lowest BCUT2D eigenvalue weighted by atomic mass is 9.67. The zero-order valence-electron chi connectivity index (χ0n) is 85.8. The molecule has 6 aliphatic rings. The number of rotatable bonds is 7. The van der Waals surface area contributed by atoms with E-state index >= 15 is 0 Å². The van der Waals surface area contributed by atoms with Crippen LogP contribution in [0.2, 0.25) is 0 Å². The van der Waals surface area contributed by atoms with Gasteiger partial charge in [0.05, 0.1) is 16.2 Å². The van der Waals surface area contributed by atoms with Gasteiger partial charge < -0.3 is 0 Å². The van der Waals surface area contributed by atoms with E-state index in [-0.39, 0.29) is 62.2 Å². The molecular formula is C149H138S. The summed E-state index contributed by atoms with van der Waals surface area (Å²) in [4.78, 5) is 0. The first kappa shape index (κ1) is 104. The average Bonchev–Trinajstić information content (AvgIpc) is 1.54. The van der Waals surface area contributed by atoms with Gasteiger partial charge in [-0.3, -0.25) is 0 Å². The highest BCUT2D eigenvalue weighted by atomic mass is 32.1. The lowest BCUT2D eigenvalue weighted by Crippen LogP contribution is -2.29. The first-order chi connectivity index (χ1) is 71.1. The van der Waals surface area contributed by atoms with E-state index in [2.05, 4.69) is 594 Å². The van der Waals surface area contributed by atoms with Gasteiger partial charge in [-0.05, 0) is 243 Å². The minimum atomic E-state index is -0.264. The number of aryl methyl sites for hydroxylation is 7. The molecule has 22 aromatic rings. The van der Waals surface area contributed by atoms with Gasteiger partial charge in [0.2, 0.25) is 0 Å². The van der Waals surface area contributed by atoms with E-state index in [1.807, 2.05) is 11.3 Å². The smallest absolute Gasteiger partial charge is 0.0716 e. The summed E-state index contributed by atoms with van der Waals surface area (Å²) in [5, 5.41) is 2.75. The van der Waals surface area contributed by atoms with E-state index in [1.54, 1.807) is 0 Å². The average molecular weight is 1960 g/mol. The first-order valence-electron chi connectivity index (χ1n) is 51.7. The molecule has 0 aliphatic heterocycles. The number of thiophene rings is 1. The van der Waals surface area contributed by atoms with Crippen LogP contribution in [0.3, 0.4) is 0 Å². The van der Waals surface area contributed by atoms with Crippen LogP contribution in [-0.4, -0.2) is 0 Å². The molecule has 0 N–H and O–H groups in total. The molecule has 0 atom stereocenters. The van der Waals surface area contributed by atoms with Gasteiger partial charge in [0.1, 0.15) is 0 Å². The van der Waals surface area contributed by atoms with Crippen LogP contribution in [0.5, 0.6) is 0 Å². The molecule has 21 aromatic carbocycles. The zero-order valence-corrected chi connectivity index (χ0v) is 86.6. The van der Waals surface area contributed by atoms with Gasteiger partial charge in [0, 0.05) is 36.4 Å². The first-order valence-corrected chi connectivity index (χ1v) is 52.5. The van der Waals surface area contributed by atoms with Crippen LogP contribution in [0.1, 0.15) is 210 Å². The van der Waals surface area contributed by atoms with E-state index in [0.717, 1.165) is 0 Å². The van der Waals surface area contributed by atoms with Crippen molar-refractivity contribution in [3.8, 4) is 77.9 Å². The summed E-state index contributed by atoms with van der Waals surface area (Å²) in [6, 6.07) is 183. The Kier molecular flexibility index (Phi) is 29.5. The van der Waals surface area contributed by atoms with Gasteiger partial charge in [-0.2, -0.15) is 0 Å². The maximum atomic E-state index is 2.37. The van der Waals surface area contributed by atoms with Crippen LogP contribution in [-0.2, 0) is 32.5 Å². The zero-order chi connectivity index (χ0) is 100. The summed E-state index contributed by atoms with van der Waals surface area (Å²) in [5.74, 6) is 0. The summed E-state index contributed by atoms with van der Waals surface area (Å²) < 4.78 is 2.80. The van der Waals surface area contributed by atoms with Crippen molar-refractivity contribution in [2.75, 3.05) is 0 Å². The normalized spacial score (nSPS) is 13.7. The van der Waals surface area contributed by atoms with Crippen molar-refractivity contribution in [1.29, 1.82) is 0 Å². The molecule has 1 heterocycles. The maximum Gasteiger partial charge on any atom is 0.0716 e. The van der Waals surface area contributed by atoms with Crippen molar-refractivity contribution in [3.05, 3.63) is 643 Å². The summed E-state index contributed by atoms with van der Waals surface area (Å²) in [7, 11) is 0. The SMILES string of the molecule is C.C.C.C.Cc1ccc2c(c1)-c1ccccc1C2(C)C.Cc1ccc2c(c1)-c1ccccc1C2(c1ccccc1)c1ccccc1.Cc1ccc2c(c1)C(C)(C)c1ccccc1-2.Cc1ccc2c(c1)C(c1ccccc1)(c1ccccc1)c1ccccc1-2.Cc1cccc2c1C(C)(C)c1ccccc1-2.Cc1cccc2c1C(c1ccccc1)(c1ccccc1)c1ccccc1-2.Cc1cccc2c1sc1c(-c3ccccc3)cccc12. The van der Waals surface area contributed by atoms with Gasteiger partial charge in [0.25, 0.3) is 0 Å². The molecule has 0 bridgehead atoms.